The van der Waals surface area contributed by atoms with Gasteiger partial charge in [0.25, 0.3) is 5.56 Å². The summed E-state index contributed by atoms with van der Waals surface area (Å²) in [6.45, 7) is 2.87. The average Bonchev–Trinajstić information content (AvgIpc) is 3.19. The molecule has 6 nitrogen and oxygen atoms in total. The van der Waals surface area contributed by atoms with Crippen molar-refractivity contribution in [2.45, 2.75) is 25.9 Å². The van der Waals surface area contributed by atoms with Crippen LogP contribution in [-0.2, 0) is 17.9 Å². The van der Waals surface area contributed by atoms with Gasteiger partial charge in [-0.15, -0.1) is 0 Å². The molecule has 0 aliphatic rings. The number of para-hydroxylation sites is 1. The maximum Gasteiger partial charge on any atom is 0.291 e. The number of nitrogens with one attached hydrogen (secondary N) is 1. The van der Waals surface area contributed by atoms with Crippen LogP contribution < -0.4 is 10.9 Å². The summed E-state index contributed by atoms with van der Waals surface area (Å²) in [4.78, 5) is 26.2. The van der Waals surface area contributed by atoms with Gasteiger partial charge in [0.2, 0.25) is 5.91 Å². The molecular formula is C28H25ClN4O2. The number of halogens is 1. The highest BCUT2D eigenvalue weighted by Gasteiger charge is 2.17. The van der Waals surface area contributed by atoms with Crippen molar-refractivity contribution in [1.82, 2.24) is 19.7 Å². The van der Waals surface area contributed by atoms with Crippen molar-refractivity contribution in [2.75, 3.05) is 6.54 Å². The largest absolute Gasteiger partial charge is 0.354 e. The van der Waals surface area contributed by atoms with E-state index in [9.17, 15) is 9.59 Å². The lowest BCUT2D eigenvalue weighted by Crippen LogP contribution is -2.35. The van der Waals surface area contributed by atoms with Crippen LogP contribution in [0, 0.1) is 0 Å². The highest BCUT2D eigenvalue weighted by Crippen LogP contribution is 2.27. The summed E-state index contributed by atoms with van der Waals surface area (Å²) in [5, 5.41) is 9.61. The number of carbonyl (C=O) groups excluding carboxylic acids is 1. The molecule has 2 heterocycles. The number of aromatic nitrogens is 3. The zero-order valence-electron chi connectivity index (χ0n) is 19.3. The van der Waals surface area contributed by atoms with E-state index in [-0.39, 0.29) is 23.9 Å². The molecule has 5 rings (SSSR count). The third-order valence-electron chi connectivity index (χ3n) is 6.27. The SMILES string of the molecule is C[C@@H](CNC(=O)Cn1ncc2c3ccccc3n(Cc3cccc(Cl)c3)c2c1=O)c1ccccc1. The van der Waals surface area contributed by atoms with Gasteiger partial charge in [0.05, 0.1) is 6.20 Å². The molecule has 0 saturated heterocycles. The molecule has 0 saturated carbocycles. The molecule has 3 aromatic carbocycles. The van der Waals surface area contributed by atoms with Crippen LogP contribution in [0.15, 0.2) is 89.9 Å². The van der Waals surface area contributed by atoms with Crippen molar-refractivity contribution >= 4 is 39.3 Å². The van der Waals surface area contributed by atoms with Gasteiger partial charge in [-0.2, -0.15) is 5.10 Å². The molecule has 0 unspecified atom stereocenters. The molecule has 2 aromatic heterocycles. The van der Waals surface area contributed by atoms with E-state index in [1.54, 1.807) is 6.20 Å². The summed E-state index contributed by atoms with van der Waals surface area (Å²) in [6.07, 6.45) is 1.67. The van der Waals surface area contributed by atoms with Crippen molar-refractivity contribution < 1.29 is 4.79 Å². The first-order chi connectivity index (χ1) is 17.0. The second-order valence-corrected chi connectivity index (χ2v) is 9.16. The molecule has 0 aliphatic heterocycles. The summed E-state index contributed by atoms with van der Waals surface area (Å²) in [6, 6.07) is 25.5. The summed E-state index contributed by atoms with van der Waals surface area (Å²) < 4.78 is 3.21. The summed E-state index contributed by atoms with van der Waals surface area (Å²) in [5.41, 5.74) is 3.28. The number of nitrogens with zero attached hydrogens (tertiary/aromatic N) is 3. The maximum absolute atomic E-state index is 13.5. The molecule has 7 heteroatoms. The monoisotopic (exact) mass is 484 g/mol. The van der Waals surface area contributed by atoms with Crippen LogP contribution in [0.2, 0.25) is 5.02 Å². The summed E-state index contributed by atoms with van der Waals surface area (Å²) >= 11 is 6.20. The molecule has 0 aliphatic carbocycles. The van der Waals surface area contributed by atoms with Gasteiger partial charge < -0.3 is 9.88 Å². The standard InChI is InChI=1S/C28H25ClN4O2/c1-19(21-9-3-2-4-10-21)15-30-26(34)18-33-28(35)27-24(16-31-33)23-12-5-6-13-25(23)32(27)17-20-8-7-11-22(29)14-20/h2-14,16,19H,15,17-18H2,1H3,(H,30,34)/t19-/m0/s1. The van der Waals surface area contributed by atoms with Crippen LogP contribution in [0.1, 0.15) is 24.0 Å². The minimum Gasteiger partial charge on any atom is -0.354 e. The van der Waals surface area contributed by atoms with E-state index < -0.39 is 0 Å². The number of carbonyl (C=O) groups is 1. The smallest absolute Gasteiger partial charge is 0.291 e. The van der Waals surface area contributed by atoms with Gasteiger partial charge in [0.1, 0.15) is 12.1 Å². The second-order valence-electron chi connectivity index (χ2n) is 8.72. The van der Waals surface area contributed by atoms with Crippen molar-refractivity contribution in [2.24, 2.45) is 0 Å². The summed E-state index contributed by atoms with van der Waals surface area (Å²) in [5.74, 6) is -0.0910. The lowest BCUT2D eigenvalue weighted by molar-refractivity contribution is -0.121. The Morgan fingerprint density at radius 3 is 2.57 bits per heavy atom. The zero-order chi connectivity index (χ0) is 24.4. The number of hydrogen-bond donors (Lipinski definition) is 1. The molecule has 1 N–H and O–H groups in total. The molecule has 5 aromatic rings. The fourth-order valence-electron chi connectivity index (χ4n) is 4.45. The van der Waals surface area contributed by atoms with E-state index in [1.807, 2.05) is 83.4 Å². The molecule has 0 fully saturated rings. The van der Waals surface area contributed by atoms with Crippen molar-refractivity contribution in [3.8, 4) is 0 Å². The number of benzene rings is 3. The zero-order valence-corrected chi connectivity index (χ0v) is 20.1. The molecule has 1 amide bonds. The van der Waals surface area contributed by atoms with Gasteiger partial charge in [-0.05, 0) is 35.2 Å². The Kier molecular flexibility index (Phi) is 6.38. The molecule has 0 spiro atoms. The van der Waals surface area contributed by atoms with E-state index in [0.29, 0.717) is 23.6 Å². The minimum atomic E-state index is -0.299. The van der Waals surface area contributed by atoms with Crippen molar-refractivity contribution in [1.29, 1.82) is 0 Å². The van der Waals surface area contributed by atoms with Gasteiger partial charge in [-0.25, -0.2) is 4.68 Å². The topological polar surface area (TPSA) is 68.9 Å². The van der Waals surface area contributed by atoms with Gasteiger partial charge in [0, 0.05) is 34.4 Å². The minimum absolute atomic E-state index is 0.144. The Morgan fingerprint density at radius 1 is 1.00 bits per heavy atom. The van der Waals surface area contributed by atoms with Crippen LogP contribution in [0.4, 0.5) is 0 Å². The lowest BCUT2D eigenvalue weighted by Gasteiger charge is -2.13. The number of amides is 1. The highest BCUT2D eigenvalue weighted by atomic mass is 35.5. The number of hydrogen-bond acceptors (Lipinski definition) is 3. The molecule has 0 radical (unpaired) electrons. The van der Waals surface area contributed by atoms with Crippen LogP contribution in [0.5, 0.6) is 0 Å². The number of rotatable bonds is 7. The van der Waals surface area contributed by atoms with E-state index in [4.69, 9.17) is 11.6 Å². The Labute approximate surface area is 207 Å². The normalized spacial score (nSPS) is 12.2. The molecule has 35 heavy (non-hydrogen) atoms. The van der Waals surface area contributed by atoms with Crippen LogP contribution in [0.25, 0.3) is 21.8 Å². The van der Waals surface area contributed by atoms with E-state index >= 15 is 0 Å². The molecular weight excluding hydrogens is 460 g/mol. The quantitative estimate of drug-likeness (QED) is 0.354. The van der Waals surface area contributed by atoms with E-state index in [0.717, 1.165) is 27.4 Å². The Hall–Kier alpha value is -3.90. The van der Waals surface area contributed by atoms with Crippen LogP contribution >= 0.6 is 11.6 Å². The molecule has 1 atom stereocenters. The van der Waals surface area contributed by atoms with Crippen molar-refractivity contribution in [3.63, 3.8) is 0 Å². The molecule has 176 valence electrons. The fourth-order valence-corrected chi connectivity index (χ4v) is 4.66. The second kappa shape index (κ2) is 9.76. The van der Waals surface area contributed by atoms with Gasteiger partial charge in [-0.1, -0.05) is 79.2 Å². The highest BCUT2D eigenvalue weighted by molar-refractivity contribution is 6.30. The van der Waals surface area contributed by atoms with Crippen LogP contribution in [-0.4, -0.2) is 26.8 Å². The first kappa shape index (κ1) is 22.9. The third-order valence-corrected chi connectivity index (χ3v) is 6.51. The van der Waals surface area contributed by atoms with Gasteiger partial charge >= 0.3 is 0 Å². The van der Waals surface area contributed by atoms with Crippen LogP contribution in [0.3, 0.4) is 0 Å². The van der Waals surface area contributed by atoms with Gasteiger partial charge in [-0.3, -0.25) is 9.59 Å². The Morgan fingerprint density at radius 2 is 1.77 bits per heavy atom. The first-order valence-corrected chi connectivity index (χ1v) is 11.9. The van der Waals surface area contributed by atoms with Crippen molar-refractivity contribution in [3.05, 3.63) is 112 Å². The predicted molar refractivity (Wildman–Crippen MR) is 140 cm³/mol. The first-order valence-electron chi connectivity index (χ1n) is 11.5. The summed E-state index contributed by atoms with van der Waals surface area (Å²) in [7, 11) is 0. The van der Waals surface area contributed by atoms with E-state index in [1.165, 1.54) is 4.68 Å². The third kappa shape index (κ3) is 4.70. The molecule has 0 bridgehead atoms. The van der Waals surface area contributed by atoms with Gasteiger partial charge in [0.15, 0.2) is 0 Å². The maximum atomic E-state index is 13.5. The van der Waals surface area contributed by atoms with E-state index in [2.05, 4.69) is 17.3 Å². The Balaban J connectivity index is 1.45. The number of fused-ring (bicyclic) bond motifs is 3. The lowest BCUT2D eigenvalue weighted by atomic mass is 10.0. The fraction of sp³-hybridized carbons (Fsp3) is 0.179. The average molecular weight is 485 g/mol. The Bertz CT molecular complexity index is 1570. The predicted octanol–water partition coefficient (Wildman–Crippen LogP) is 4.97.